The summed E-state index contributed by atoms with van der Waals surface area (Å²) in [5.74, 6) is 0. The molecule has 0 amide bonds. The van der Waals surface area contributed by atoms with Crippen LogP contribution in [0, 0.1) is 0 Å². The van der Waals surface area contributed by atoms with Gasteiger partial charge in [0.15, 0.2) is 0 Å². The molecule has 118 valence electrons. The van der Waals surface area contributed by atoms with Crippen molar-refractivity contribution in [1.29, 1.82) is 0 Å². The molecule has 0 aliphatic rings. The third kappa shape index (κ3) is 8.63. The van der Waals surface area contributed by atoms with Gasteiger partial charge in [-0.3, -0.25) is 0 Å². The quantitative estimate of drug-likeness (QED) is 0.291. The summed E-state index contributed by atoms with van der Waals surface area (Å²) in [5.41, 5.74) is 0. The van der Waals surface area contributed by atoms with Gasteiger partial charge in [0.2, 0.25) is 0 Å². The lowest BCUT2D eigenvalue weighted by atomic mass is 8.32. The van der Waals surface area contributed by atoms with E-state index in [0.717, 1.165) is 83.0 Å². The molecule has 0 aliphatic carbocycles. The molecule has 29 heavy (non-hydrogen) atoms. The van der Waals surface area contributed by atoms with Crippen LogP contribution in [0.15, 0.2) is 0 Å². The van der Waals surface area contributed by atoms with E-state index in [2.05, 4.69) is 116 Å². The normalized spacial score (nSPS) is 9.38. The number of hydrogen-bond acceptors (Lipinski definition) is 0. The molecule has 0 N–H and O–H groups in total. The van der Waals surface area contributed by atoms with E-state index in [-0.39, 0.29) is 0 Å². The first-order valence-electron chi connectivity index (χ1n) is 13.2. The molecule has 0 fully saturated rings. The van der Waals surface area contributed by atoms with Gasteiger partial charge in [0.1, 0.15) is 0 Å². The Kier molecular flexibility index (Phi) is 15.1. The largest absolute Gasteiger partial charge is 0.0593 e. The molecule has 0 nitrogen and oxygen atoms in total. The van der Waals surface area contributed by atoms with Crippen LogP contribution >= 0.6 is 0 Å². The average molecular weight is 345 g/mol. The van der Waals surface area contributed by atoms with Crippen molar-refractivity contribution in [2.75, 3.05) is 0 Å². The predicted molar refractivity (Wildman–Crippen MR) is 210 cm³/mol. The van der Waals surface area contributed by atoms with E-state index in [4.69, 9.17) is 0 Å². The first-order valence-corrected chi connectivity index (χ1v) is 13.2. The zero-order valence-corrected chi connectivity index (χ0v) is 23.2. The lowest BCUT2D eigenvalue weighted by Crippen LogP contribution is -2.87. The molecule has 0 aliphatic heterocycles. The Labute approximate surface area is 205 Å². The zero-order chi connectivity index (χ0) is 23.2. The minimum absolute atomic E-state index is 0.743. The molecule has 0 rings (SSSR count). The van der Waals surface area contributed by atoms with Crippen LogP contribution in [-0.2, 0) is 0 Å². The molecule has 0 unspecified atom stereocenters. The van der Waals surface area contributed by atoms with Crippen LogP contribution in [0.5, 0.6) is 0 Å². The van der Waals surface area contributed by atoms with E-state index >= 15 is 0 Å². The van der Waals surface area contributed by atoms with Gasteiger partial charge < -0.3 is 0 Å². The standard InChI is InChI=1S/B29H31/c1-16-24(17(2)3)28(25(18(4)5)19(6)7)29(26(20(8)9)21(10)11)27(22(12)13)23(14)15/h16H,1-15H2. The summed E-state index contributed by atoms with van der Waals surface area (Å²) in [6.45, 7) is 0. The summed E-state index contributed by atoms with van der Waals surface area (Å²) in [6, 6.07) is 0. The lowest BCUT2D eigenvalue weighted by Gasteiger charge is -2.48. The molecule has 0 radical (unpaired) electrons. The minimum Gasteiger partial charge on any atom is 0.000238 e. The number of rotatable bonds is 13. The zero-order valence-electron chi connectivity index (χ0n) is 23.2. The van der Waals surface area contributed by atoms with Crippen molar-refractivity contribution >= 4 is 206 Å². The molecule has 0 atom stereocenters. The van der Waals surface area contributed by atoms with Crippen molar-refractivity contribution in [3.05, 3.63) is 0 Å². The fourth-order valence-electron chi connectivity index (χ4n) is 7.76. The van der Waals surface area contributed by atoms with Crippen molar-refractivity contribution in [1.82, 2.24) is 0 Å². The highest BCUT2D eigenvalue weighted by Gasteiger charge is 2.52. The molecule has 0 saturated heterocycles. The van der Waals surface area contributed by atoms with Crippen LogP contribution in [0.25, 0.3) is 0 Å². The van der Waals surface area contributed by atoms with Crippen molar-refractivity contribution in [2.24, 2.45) is 0 Å². The van der Waals surface area contributed by atoms with Gasteiger partial charge in [-0.15, -0.1) is 0 Å². The molecular weight excluding hydrogens is 314 g/mol. The average Bonchev–Trinajstić information content (AvgIpc) is 2.51. The second kappa shape index (κ2) is 14.2. The van der Waals surface area contributed by atoms with E-state index in [9.17, 15) is 0 Å². The fourth-order valence-corrected chi connectivity index (χ4v) is 7.76. The molecule has 29 heteroatoms. The Morgan fingerprint density at radius 2 is 0.552 bits per heavy atom. The molecule has 0 aromatic rings. The van der Waals surface area contributed by atoms with Crippen LogP contribution in [0.1, 0.15) is 0 Å². The molecule has 0 saturated carbocycles. The third-order valence-electron chi connectivity index (χ3n) is 8.22. The molecule has 0 bridgehead atoms. The van der Waals surface area contributed by atoms with Crippen molar-refractivity contribution in [2.45, 2.75) is 0 Å². The monoisotopic (exact) mass is 351 g/mol. The molecule has 0 heterocycles. The summed E-state index contributed by atoms with van der Waals surface area (Å²) in [6.07, 6.45) is 10.0. The molecule has 0 spiro atoms. The smallest absolute Gasteiger partial charge is 0.000238 e. The second-order valence-corrected chi connectivity index (χ2v) is 12.7. The van der Waals surface area contributed by atoms with Gasteiger partial charge in [0.25, 0.3) is 0 Å². The second-order valence-electron chi connectivity index (χ2n) is 12.7. The highest BCUT2D eigenvalue weighted by atomic mass is 13.3. The lowest BCUT2D eigenvalue weighted by molar-refractivity contribution is 3.26. The topological polar surface area (TPSA) is 0 Å². The van der Waals surface area contributed by atoms with E-state index in [1.54, 1.807) is 0 Å². The van der Waals surface area contributed by atoms with Crippen LogP contribution in [0.3, 0.4) is 0 Å². The maximum absolute atomic E-state index is 2.50. The summed E-state index contributed by atoms with van der Waals surface area (Å²) in [5, 5.41) is 0. The maximum Gasteiger partial charge on any atom is 0.0593 e. The SMILES string of the molecule is BBB(B(B)B)B(B(B(B)B)B(B)B)B(B(B(B)B)B(B)B)B(B(B)B)B(B)B. The van der Waals surface area contributed by atoms with Gasteiger partial charge in [0.05, 0.1) is 116 Å². The van der Waals surface area contributed by atoms with Crippen molar-refractivity contribution in [3.8, 4) is 0 Å². The highest BCUT2D eigenvalue weighted by molar-refractivity contribution is 8.26. The summed E-state index contributed by atoms with van der Waals surface area (Å²) < 4.78 is 0. The van der Waals surface area contributed by atoms with Crippen LogP contribution < -0.4 is 0 Å². The fraction of sp³-hybridized carbons (Fsp3) is 0. The summed E-state index contributed by atoms with van der Waals surface area (Å²) in [4.78, 5) is 0. The summed E-state index contributed by atoms with van der Waals surface area (Å²) in [7, 11) is 38.8. The van der Waals surface area contributed by atoms with E-state index < -0.39 is 0 Å². The van der Waals surface area contributed by atoms with Gasteiger partial charge in [-0.05, 0) is 0 Å². The maximum atomic E-state index is 2.50. The van der Waals surface area contributed by atoms with Gasteiger partial charge in [-0.2, -0.15) is 0 Å². The van der Waals surface area contributed by atoms with Gasteiger partial charge >= 0.3 is 0 Å². The minimum atomic E-state index is 0.743. The van der Waals surface area contributed by atoms with Gasteiger partial charge in [0, 0.05) is 90.1 Å². The van der Waals surface area contributed by atoms with E-state index in [0.29, 0.717) is 0 Å². The first kappa shape index (κ1) is 30.9. The van der Waals surface area contributed by atoms with Crippen LogP contribution in [-0.4, -0.2) is 206 Å². The van der Waals surface area contributed by atoms with E-state index in [1.165, 1.54) is 7.06 Å². The molecule has 0 aromatic heterocycles. The Hall–Kier alpha value is 1.88. The van der Waals surface area contributed by atoms with Gasteiger partial charge in [-0.1, -0.05) is 0 Å². The molecular formula is H31B29. The Morgan fingerprint density at radius 3 is 0.724 bits per heavy atom. The Morgan fingerprint density at radius 1 is 0.310 bits per heavy atom. The Bertz CT molecular complexity index is 368. The Balaban J connectivity index is 6.97. The van der Waals surface area contributed by atoms with E-state index in [1.807, 2.05) is 0 Å². The first-order chi connectivity index (χ1) is 13.2. The van der Waals surface area contributed by atoms with Crippen LogP contribution in [0.2, 0.25) is 0 Å². The number of hydrogen-bond donors (Lipinski definition) is 0. The van der Waals surface area contributed by atoms with Crippen LogP contribution in [0.4, 0.5) is 0 Å². The summed E-state index contributed by atoms with van der Waals surface area (Å²) >= 11 is 0. The molecule has 0 aromatic carbocycles. The van der Waals surface area contributed by atoms with Crippen molar-refractivity contribution < 1.29 is 0 Å². The highest BCUT2D eigenvalue weighted by Crippen LogP contribution is 2.13. The predicted octanol–water partition coefficient (Wildman–Crippen LogP) is -19.3. The van der Waals surface area contributed by atoms with Crippen molar-refractivity contribution in [3.63, 3.8) is 0 Å². The van der Waals surface area contributed by atoms with Gasteiger partial charge in [-0.25, -0.2) is 0 Å². The third-order valence-corrected chi connectivity index (χ3v) is 8.22.